The molecule has 0 aromatic heterocycles. The summed E-state index contributed by atoms with van der Waals surface area (Å²) in [4.78, 5) is 0. The van der Waals surface area contributed by atoms with Gasteiger partial charge < -0.3 is 10.3 Å². The Hall–Kier alpha value is -0.0800. The van der Waals surface area contributed by atoms with Gasteiger partial charge in [-0.25, -0.2) is 0 Å². The quantitative estimate of drug-likeness (QED) is 0.134. The van der Waals surface area contributed by atoms with Crippen molar-refractivity contribution in [3.05, 3.63) is 5.21 Å². The van der Waals surface area contributed by atoms with Crippen LogP contribution in [-0.4, -0.2) is 17.1 Å². The van der Waals surface area contributed by atoms with Gasteiger partial charge in [0, 0.05) is 0 Å². The maximum Gasteiger partial charge on any atom is -0.00531 e. The van der Waals surface area contributed by atoms with Crippen LogP contribution in [0.3, 0.4) is 0 Å². The highest BCUT2D eigenvalue weighted by Crippen LogP contribution is 2.18. The minimum absolute atomic E-state index is 0.193. The molecule has 0 aliphatic carbocycles. The second-order valence-electron chi connectivity index (χ2n) is 9.29. The molecule has 28 heavy (non-hydrogen) atoms. The van der Waals surface area contributed by atoms with Gasteiger partial charge in [0.25, 0.3) is 0 Å². The Bertz CT molecular complexity index is 266. The second-order valence-corrected chi connectivity index (χ2v) is 9.29. The molecule has 2 atom stereocenters. The second kappa shape index (κ2) is 21.6. The van der Waals surface area contributed by atoms with E-state index in [0.29, 0.717) is 0 Å². The van der Waals surface area contributed by atoms with Crippen molar-refractivity contribution in [2.24, 2.45) is 0 Å². The summed E-state index contributed by atoms with van der Waals surface area (Å²) < 4.78 is 0. The van der Waals surface area contributed by atoms with Crippen LogP contribution < -0.4 is 0 Å². The molecule has 0 bridgehead atoms. The molecule has 2 nitrogen and oxygen atoms in total. The molecule has 0 fully saturated rings. The van der Waals surface area contributed by atoms with Gasteiger partial charge in [-0.15, -0.1) is 0 Å². The first kappa shape index (κ1) is 27.9. The lowest BCUT2D eigenvalue weighted by molar-refractivity contribution is 0.203. The molecular formula is C26H54NO-. The molecule has 0 N–H and O–H groups in total. The molecule has 0 saturated heterocycles. The molecule has 0 radical (unpaired) electrons. The fraction of sp³-hybridized carbons (Fsp3) is 1.00. The summed E-state index contributed by atoms with van der Waals surface area (Å²) >= 11 is 0. The Balaban J connectivity index is 3.49. The summed E-state index contributed by atoms with van der Waals surface area (Å²) in [7, 11) is 0. The summed E-state index contributed by atoms with van der Waals surface area (Å²) in [5.74, 6) is 0. The molecule has 0 aromatic carbocycles. The first-order chi connectivity index (χ1) is 13.6. The third-order valence-electron chi connectivity index (χ3n) is 6.32. The fourth-order valence-electron chi connectivity index (χ4n) is 4.19. The Morgan fingerprint density at radius 1 is 0.464 bits per heavy atom. The maximum absolute atomic E-state index is 12.5. The van der Waals surface area contributed by atoms with Crippen molar-refractivity contribution in [1.82, 2.24) is 5.06 Å². The van der Waals surface area contributed by atoms with Gasteiger partial charge in [-0.05, 0) is 24.9 Å². The number of hydrogen-bond acceptors (Lipinski definition) is 2. The molecule has 0 heterocycles. The van der Waals surface area contributed by atoms with Crippen LogP contribution in [0.25, 0.3) is 0 Å². The molecular weight excluding hydrogens is 342 g/mol. The molecule has 0 saturated carbocycles. The summed E-state index contributed by atoms with van der Waals surface area (Å²) in [5, 5.41) is 13.9. The highest BCUT2D eigenvalue weighted by Gasteiger charge is 2.10. The van der Waals surface area contributed by atoms with E-state index >= 15 is 0 Å². The SMILES string of the molecule is CCCCCCCCCCCC(C)N([O-])C(C)CCCCCCCCCCC. The molecule has 0 rings (SSSR count). The van der Waals surface area contributed by atoms with Gasteiger partial charge in [0.1, 0.15) is 0 Å². The van der Waals surface area contributed by atoms with Crippen molar-refractivity contribution in [2.75, 3.05) is 0 Å². The average Bonchev–Trinajstić information content (AvgIpc) is 2.70. The Labute approximate surface area is 178 Å². The van der Waals surface area contributed by atoms with Gasteiger partial charge in [-0.2, -0.15) is 0 Å². The van der Waals surface area contributed by atoms with Gasteiger partial charge in [0.05, 0.1) is 0 Å². The Kier molecular flexibility index (Phi) is 21.6. The minimum atomic E-state index is 0.193. The van der Waals surface area contributed by atoms with Crippen molar-refractivity contribution in [3.63, 3.8) is 0 Å². The van der Waals surface area contributed by atoms with Gasteiger partial charge in [-0.3, -0.25) is 0 Å². The lowest BCUT2D eigenvalue weighted by Gasteiger charge is -2.40. The van der Waals surface area contributed by atoms with Crippen molar-refractivity contribution in [2.45, 2.75) is 168 Å². The lowest BCUT2D eigenvalue weighted by atomic mass is 10.0. The van der Waals surface area contributed by atoms with E-state index in [9.17, 15) is 5.21 Å². The van der Waals surface area contributed by atoms with Gasteiger partial charge >= 0.3 is 0 Å². The monoisotopic (exact) mass is 396 g/mol. The molecule has 0 aliphatic rings. The van der Waals surface area contributed by atoms with Gasteiger partial charge in [0.15, 0.2) is 0 Å². The number of hydrogen-bond donors (Lipinski definition) is 0. The number of unbranched alkanes of at least 4 members (excludes halogenated alkanes) is 16. The highest BCUT2D eigenvalue weighted by atomic mass is 16.5. The molecule has 2 heteroatoms. The summed E-state index contributed by atoms with van der Waals surface area (Å²) in [6, 6.07) is 0.385. The lowest BCUT2D eigenvalue weighted by Crippen LogP contribution is -2.35. The number of hydroxylamine groups is 2. The molecule has 0 aromatic rings. The van der Waals surface area contributed by atoms with E-state index in [1.807, 2.05) is 0 Å². The van der Waals surface area contributed by atoms with Crippen LogP contribution in [0, 0.1) is 5.21 Å². The van der Waals surface area contributed by atoms with Crippen LogP contribution in [0.4, 0.5) is 0 Å². The van der Waals surface area contributed by atoms with E-state index in [0.717, 1.165) is 12.8 Å². The predicted molar refractivity (Wildman–Crippen MR) is 128 cm³/mol. The van der Waals surface area contributed by atoms with Crippen LogP contribution in [0.5, 0.6) is 0 Å². The molecule has 0 aliphatic heterocycles. The molecule has 2 unspecified atom stereocenters. The van der Waals surface area contributed by atoms with Gasteiger partial charge in [0.2, 0.25) is 0 Å². The standard InChI is InChI=1S/C26H54NO/c1-5-7-9-11-13-15-17-19-21-23-25(3)27(28)26(4)24-22-20-18-16-14-12-10-8-6-2/h25-26H,5-24H2,1-4H3/q-1. The first-order valence-electron chi connectivity index (χ1n) is 13.1. The van der Waals surface area contributed by atoms with E-state index in [4.69, 9.17) is 0 Å². The zero-order chi connectivity index (χ0) is 20.9. The van der Waals surface area contributed by atoms with E-state index < -0.39 is 0 Å². The summed E-state index contributed by atoms with van der Waals surface area (Å²) in [5.41, 5.74) is 0. The van der Waals surface area contributed by atoms with Crippen molar-refractivity contribution in [1.29, 1.82) is 0 Å². The van der Waals surface area contributed by atoms with E-state index in [2.05, 4.69) is 27.7 Å². The predicted octanol–water partition coefficient (Wildman–Crippen LogP) is 9.40. The smallest absolute Gasteiger partial charge is 0.00531 e. The Morgan fingerprint density at radius 2 is 0.714 bits per heavy atom. The summed E-state index contributed by atoms with van der Waals surface area (Å²) in [6.07, 6.45) is 26.6. The Morgan fingerprint density at radius 3 is 1.00 bits per heavy atom. The zero-order valence-electron chi connectivity index (χ0n) is 20.2. The van der Waals surface area contributed by atoms with E-state index in [1.165, 1.54) is 121 Å². The highest BCUT2D eigenvalue weighted by molar-refractivity contribution is 4.74. The van der Waals surface area contributed by atoms with Crippen LogP contribution in [-0.2, 0) is 0 Å². The number of nitrogens with zero attached hydrogens (tertiary/aromatic N) is 1. The van der Waals surface area contributed by atoms with Crippen molar-refractivity contribution < 1.29 is 0 Å². The van der Waals surface area contributed by atoms with Crippen LogP contribution in [0.2, 0.25) is 0 Å². The minimum Gasteiger partial charge on any atom is -0.785 e. The van der Waals surface area contributed by atoms with Crippen LogP contribution in [0.15, 0.2) is 0 Å². The van der Waals surface area contributed by atoms with Crippen LogP contribution >= 0.6 is 0 Å². The fourth-order valence-corrected chi connectivity index (χ4v) is 4.19. The normalized spacial score (nSPS) is 13.9. The third-order valence-corrected chi connectivity index (χ3v) is 6.32. The van der Waals surface area contributed by atoms with Crippen molar-refractivity contribution in [3.8, 4) is 0 Å². The largest absolute Gasteiger partial charge is 0.785 e. The number of rotatable bonds is 22. The van der Waals surface area contributed by atoms with E-state index in [1.54, 1.807) is 0 Å². The maximum atomic E-state index is 12.5. The van der Waals surface area contributed by atoms with Gasteiger partial charge in [-0.1, -0.05) is 143 Å². The van der Waals surface area contributed by atoms with Crippen molar-refractivity contribution >= 4 is 0 Å². The zero-order valence-corrected chi connectivity index (χ0v) is 20.2. The molecule has 170 valence electrons. The van der Waals surface area contributed by atoms with E-state index in [-0.39, 0.29) is 12.1 Å². The molecule has 0 spiro atoms. The average molecular weight is 397 g/mol. The topological polar surface area (TPSA) is 26.3 Å². The first-order valence-corrected chi connectivity index (χ1v) is 13.1. The third kappa shape index (κ3) is 18.0. The summed E-state index contributed by atoms with van der Waals surface area (Å²) in [6.45, 7) is 8.81. The molecule has 0 amide bonds. The van der Waals surface area contributed by atoms with Crippen LogP contribution in [0.1, 0.15) is 156 Å².